The molecule has 1 N–H and O–H groups in total. The maximum atomic E-state index is 11.1. The second-order valence-corrected chi connectivity index (χ2v) is 3.53. The monoisotopic (exact) mass is 202 g/mol. The fraction of sp³-hybridized carbons (Fsp3) is 0.900. The molecule has 0 spiro atoms. The van der Waals surface area contributed by atoms with Crippen molar-refractivity contribution in [2.24, 2.45) is 5.92 Å². The Kier molecular flexibility index (Phi) is 4.90. The first-order chi connectivity index (χ1) is 6.74. The van der Waals surface area contributed by atoms with Gasteiger partial charge in [-0.2, -0.15) is 0 Å². The van der Waals surface area contributed by atoms with Crippen molar-refractivity contribution in [1.82, 2.24) is 0 Å². The Hall–Kier alpha value is -0.610. The average molecular weight is 202 g/mol. The zero-order valence-electron chi connectivity index (χ0n) is 8.57. The minimum Gasteiger partial charge on any atom is -0.466 e. The molecule has 82 valence electrons. The lowest BCUT2D eigenvalue weighted by Gasteiger charge is -2.26. The zero-order chi connectivity index (χ0) is 10.4. The molecule has 0 radical (unpaired) electrons. The SMILES string of the molecule is CCOC(=O)C[C@H](O)C1CCOCC1. The Bertz CT molecular complexity index is 175. The number of hydrogen-bond acceptors (Lipinski definition) is 4. The maximum absolute atomic E-state index is 11.1. The van der Waals surface area contributed by atoms with Gasteiger partial charge in [-0.15, -0.1) is 0 Å². The molecule has 0 aromatic rings. The highest BCUT2D eigenvalue weighted by Gasteiger charge is 2.24. The smallest absolute Gasteiger partial charge is 0.308 e. The number of ether oxygens (including phenoxy) is 2. The van der Waals surface area contributed by atoms with Gasteiger partial charge in [-0.25, -0.2) is 0 Å². The lowest BCUT2D eigenvalue weighted by Crippen LogP contribution is -2.29. The predicted molar refractivity (Wildman–Crippen MR) is 50.8 cm³/mol. The van der Waals surface area contributed by atoms with Crippen LogP contribution in [0.25, 0.3) is 0 Å². The van der Waals surface area contributed by atoms with E-state index >= 15 is 0 Å². The van der Waals surface area contributed by atoms with E-state index in [-0.39, 0.29) is 18.3 Å². The molecule has 0 bridgehead atoms. The van der Waals surface area contributed by atoms with Crippen LogP contribution < -0.4 is 0 Å². The molecule has 0 aromatic carbocycles. The minimum atomic E-state index is -0.571. The summed E-state index contributed by atoms with van der Waals surface area (Å²) in [5.74, 6) is -0.125. The molecule has 14 heavy (non-hydrogen) atoms. The van der Waals surface area contributed by atoms with Crippen LogP contribution in [0, 0.1) is 5.92 Å². The second kappa shape index (κ2) is 5.98. The summed E-state index contributed by atoms with van der Waals surface area (Å²) < 4.78 is 9.95. The number of esters is 1. The molecule has 0 aliphatic carbocycles. The Morgan fingerprint density at radius 2 is 2.21 bits per heavy atom. The normalized spacial score (nSPS) is 20.4. The van der Waals surface area contributed by atoms with Gasteiger partial charge in [0.15, 0.2) is 0 Å². The quantitative estimate of drug-likeness (QED) is 0.683. The van der Waals surface area contributed by atoms with Gasteiger partial charge in [0, 0.05) is 13.2 Å². The van der Waals surface area contributed by atoms with Crippen molar-refractivity contribution in [1.29, 1.82) is 0 Å². The van der Waals surface area contributed by atoms with Crippen molar-refractivity contribution in [2.75, 3.05) is 19.8 Å². The van der Waals surface area contributed by atoms with Gasteiger partial charge < -0.3 is 14.6 Å². The topological polar surface area (TPSA) is 55.8 Å². The Morgan fingerprint density at radius 3 is 2.79 bits per heavy atom. The van der Waals surface area contributed by atoms with Crippen molar-refractivity contribution in [3.8, 4) is 0 Å². The van der Waals surface area contributed by atoms with E-state index in [0.717, 1.165) is 12.8 Å². The molecular formula is C10H18O4. The van der Waals surface area contributed by atoms with Gasteiger partial charge in [-0.05, 0) is 25.7 Å². The van der Waals surface area contributed by atoms with Crippen molar-refractivity contribution in [3.63, 3.8) is 0 Å². The van der Waals surface area contributed by atoms with Gasteiger partial charge in [0.05, 0.1) is 19.1 Å². The molecule has 1 atom stereocenters. The predicted octanol–water partition coefficient (Wildman–Crippen LogP) is 0.727. The van der Waals surface area contributed by atoms with Gasteiger partial charge >= 0.3 is 5.97 Å². The van der Waals surface area contributed by atoms with E-state index in [1.807, 2.05) is 0 Å². The molecule has 1 aliphatic heterocycles. The summed E-state index contributed by atoms with van der Waals surface area (Å²) in [7, 11) is 0. The maximum Gasteiger partial charge on any atom is 0.308 e. The highest BCUT2D eigenvalue weighted by Crippen LogP contribution is 2.20. The van der Waals surface area contributed by atoms with Crippen LogP contribution in [0.3, 0.4) is 0 Å². The van der Waals surface area contributed by atoms with Gasteiger partial charge in [0.2, 0.25) is 0 Å². The van der Waals surface area contributed by atoms with Gasteiger partial charge in [0.1, 0.15) is 0 Å². The first-order valence-corrected chi connectivity index (χ1v) is 5.15. The number of aliphatic hydroxyl groups is 1. The van der Waals surface area contributed by atoms with Crippen LogP contribution in [0.2, 0.25) is 0 Å². The van der Waals surface area contributed by atoms with E-state index in [2.05, 4.69) is 0 Å². The highest BCUT2D eigenvalue weighted by molar-refractivity contribution is 5.69. The van der Waals surface area contributed by atoms with Gasteiger partial charge in [-0.3, -0.25) is 4.79 Å². The van der Waals surface area contributed by atoms with Gasteiger partial charge in [-0.1, -0.05) is 0 Å². The third-order valence-corrected chi connectivity index (χ3v) is 2.49. The number of rotatable bonds is 4. The second-order valence-electron chi connectivity index (χ2n) is 3.53. The molecule has 0 amide bonds. The van der Waals surface area contributed by atoms with Crippen molar-refractivity contribution in [2.45, 2.75) is 32.3 Å². The third-order valence-electron chi connectivity index (χ3n) is 2.49. The molecular weight excluding hydrogens is 184 g/mol. The van der Waals surface area contributed by atoms with E-state index in [1.165, 1.54) is 0 Å². The van der Waals surface area contributed by atoms with Crippen molar-refractivity contribution >= 4 is 5.97 Å². The highest BCUT2D eigenvalue weighted by atomic mass is 16.5. The molecule has 1 fully saturated rings. The lowest BCUT2D eigenvalue weighted by atomic mass is 9.92. The van der Waals surface area contributed by atoms with Crippen LogP contribution in [0.1, 0.15) is 26.2 Å². The Morgan fingerprint density at radius 1 is 1.57 bits per heavy atom. The third kappa shape index (κ3) is 3.64. The molecule has 4 heteroatoms. The van der Waals surface area contributed by atoms with Crippen molar-refractivity contribution < 1.29 is 19.4 Å². The minimum absolute atomic E-state index is 0.110. The van der Waals surface area contributed by atoms with Crippen molar-refractivity contribution in [3.05, 3.63) is 0 Å². The summed E-state index contributed by atoms with van der Waals surface area (Å²) in [5, 5.41) is 9.71. The molecule has 1 rings (SSSR count). The summed E-state index contributed by atoms with van der Waals surface area (Å²) >= 11 is 0. The van der Waals surface area contributed by atoms with E-state index in [4.69, 9.17) is 9.47 Å². The summed E-state index contributed by atoms with van der Waals surface area (Å²) in [5.41, 5.74) is 0. The average Bonchev–Trinajstić information content (AvgIpc) is 2.19. The summed E-state index contributed by atoms with van der Waals surface area (Å²) in [6, 6.07) is 0. The largest absolute Gasteiger partial charge is 0.466 e. The first kappa shape index (κ1) is 11.5. The lowest BCUT2D eigenvalue weighted by molar-refractivity contribution is -0.146. The fourth-order valence-corrected chi connectivity index (χ4v) is 1.66. The van der Waals surface area contributed by atoms with E-state index < -0.39 is 6.10 Å². The van der Waals surface area contributed by atoms with Crippen LogP contribution in [0.4, 0.5) is 0 Å². The van der Waals surface area contributed by atoms with Crippen LogP contribution in [0.5, 0.6) is 0 Å². The summed E-state index contributed by atoms with van der Waals surface area (Å²) in [6.45, 7) is 3.51. The van der Waals surface area contributed by atoms with Gasteiger partial charge in [0.25, 0.3) is 0 Å². The zero-order valence-corrected chi connectivity index (χ0v) is 8.57. The van der Waals surface area contributed by atoms with Crippen LogP contribution in [-0.2, 0) is 14.3 Å². The Labute approximate surface area is 84.2 Å². The Balaban J connectivity index is 2.25. The summed E-state index contributed by atoms with van der Waals surface area (Å²) in [4.78, 5) is 11.1. The standard InChI is InChI=1S/C10H18O4/c1-2-14-10(12)7-9(11)8-3-5-13-6-4-8/h8-9,11H,2-7H2,1H3/t9-/m0/s1. The van der Waals surface area contributed by atoms with Crippen LogP contribution in [0.15, 0.2) is 0 Å². The summed E-state index contributed by atoms with van der Waals surface area (Å²) in [6.07, 6.45) is 1.21. The molecule has 1 heterocycles. The number of carbonyl (C=O) groups is 1. The van der Waals surface area contributed by atoms with Crippen LogP contribution >= 0.6 is 0 Å². The molecule has 0 saturated carbocycles. The first-order valence-electron chi connectivity index (χ1n) is 5.15. The van der Waals surface area contributed by atoms with E-state index in [1.54, 1.807) is 6.92 Å². The molecule has 1 aliphatic rings. The fourth-order valence-electron chi connectivity index (χ4n) is 1.66. The van der Waals surface area contributed by atoms with E-state index in [9.17, 15) is 9.90 Å². The molecule has 0 unspecified atom stereocenters. The molecule has 1 saturated heterocycles. The number of hydrogen-bond donors (Lipinski definition) is 1. The van der Waals surface area contributed by atoms with Crippen LogP contribution in [-0.4, -0.2) is 37.0 Å². The molecule has 4 nitrogen and oxygen atoms in total. The number of aliphatic hydroxyl groups excluding tert-OH is 1. The molecule has 0 aromatic heterocycles. The number of carbonyl (C=O) groups excluding carboxylic acids is 1. The van der Waals surface area contributed by atoms with E-state index in [0.29, 0.717) is 19.8 Å².